The van der Waals surface area contributed by atoms with Crippen LogP contribution in [0.3, 0.4) is 0 Å². The summed E-state index contributed by atoms with van der Waals surface area (Å²) in [7, 11) is 0. The van der Waals surface area contributed by atoms with E-state index in [9.17, 15) is 24.3 Å². The highest BCUT2D eigenvalue weighted by Crippen LogP contribution is 2.33. The molecule has 40 heavy (non-hydrogen) atoms. The minimum absolute atomic E-state index is 0.161. The standard InChI is InChI=1S/C30H39N5O5/c1-30(2,3)18-26(36)32-24-16-21(28(39)33-23(17-27(37)38)22-6-4-11-31-19-22)9-10-25(24)34-12-5-13-35(15-14-34)29(40)20-7-8-20/h4,6,9-11,16,19-20,23H,5,7-8,12-15,17-18H2,1-3H3,(H,32,36)(H,33,39)(H,37,38). The first-order valence-electron chi connectivity index (χ1n) is 13.9. The molecule has 2 aliphatic rings. The summed E-state index contributed by atoms with van der Waals surface area (Å²) in [5.74, 6) is -1.25. The Morgan fingerprint density at radius 3 is 2.50 bits per heavy atom. The Kier molecular flexibility index (Phi) is 9.07. The number of nitrogens with zero attached hydrogens (tertiary/aromatic N) is 3. The predicted molar refractivity (Wildman–Crippen MR) is 152 cm³/mol. The maximum absolute atomic E-state index is 13.3. The van der Waals surface area contributed by atoms with Crippen molar-refractivity contribution in [2.75, 3.05) is 36.4 Å². The number of hydrogen-bond donors (Lipinski definition) is 3. The Balaban J connectivity index is 1.57. The van der Waals surface area contributed by atoms with Gasteiger partial charge in [0.1, 0.15) is 0 Å². The molecular formula is C30H39N5O5. The van der Waals surface area contributed by atoms with Gasteiger partial charge in [-0.25, -0.2) is 0 Å². The van der Waals surface area contributed by atoms with Crippen LogP contribution in [0.1, 0.15) is 74.8 Å². The second-order valence-corrected chi connectivity index (χ2v) is 11.9. The number of carboxylic acids is 1. The van der Waals surface area contributed by atoms with Gasteiger partial charge < -0.3 is 25.5 Å². The maximum Gasteiger partial charge on any atom is 0.305 e. The monoisotopic (exact) mass is 549 g/mol. The quantitative estimate of drug-likeness (QED) is 0.433. The fraction of sp³-hybridized carbons (Fsp3) is 0.500. The van der Waals surface area contributed by atoms with Gasteiger partial charge in [-0.05, 0) is 54.5 Å². The molecule has 0 spiro atoms. The number of aliphatic carboxylic acids is 1. The van der Waals surface area contributed by atoms with Gasteiger partial charge in [-0.1, -0.05) is 26.8 Å². The molecule has 10 nitrogen and oxygen atoms in total. The molecule has 2 heterocycles. The lowest BCUT2D eigenvalue weighted by Gasteiger charge is -2.27. The van der Waals surface area contributed by atoms with Gasteiger partial charge >= 0.3 is 5.97 Å². The van der Waals surface area contributed by atoms with Gasteiger partial charge in [0.15, 0.2) is 0 Å². The van der Waals surface area contributed by atoms with Gasteiger partial charge in [0.2, 0.25) is 11.8 Å². The summed E-state index contributed by atoms with van der Waals surface area (Å²) in [6.07, 6.45) is 5.87. The molecule has 0 bridgehead atoms. The maximum atomic E-state index is 13.3. The van der Waals surface area contributed by atoms with Crippen molar-refractivity contribution in [1.29, 1.82) is 0 Å². The number of carbonyl (C=O) groups is 4. The zero-order valence-electron chi connectivity index (χ0n) is 23.5. The van der Waals surface area contributed by atoms with Crippen molar-refractivity contribution in [3.63, 3.8) is 0 Å². The number of pyridine rings is 1. The molecule has 214 valence electrons. The normalized spacial score (nSPS) is 16.6. The number of hydrogen-bond acceptors (Lipinski definition) is 6. The van der Waals surface area contributed by atoms with Crippen LogP contribution in [0.5, 0.6) is 0 Å². The van der Waals surface area contributed by atoms with E-state index in [1.54, 1.807) is 30.5 Å². The molecule has 3 N–H and O–H groups in total. The Hall–Kier alpha value is -3.95. The molecule has 1 saturated heterocycles. The number of benzene rings is 1. The topological polar surface area (TPSA) is 132 Å². The van der Waals surface area contributed by atoms with Crippen molar-refractivity contribution in [1.82, 2.24) is 15.2 Å². The molecule has 1 aliphatic heterocycles. The van der Waals surface area contributed by atoms with E-state index in [0.29, 0.717) is 49.4 Å². The zero-order valence-corrected chi connectivity index (χ0v) is 23.5. The second kappa shape index (κ2) is 12.5. The Bertz CT molecular complexity index is 1240. The highest BCUT2D eigenvalue weighted by molar-refractivity contribution is 6.00. The molecule has 2 aromatic rings. The first-order valence-corrected chi connectivity index (χ1v) is 13.9. The number of amides is 3. The van der Waals surface area contributed by atoms with E-state index in [4.69, 9.17) is 0 Å². The van der Waals surface area contributed by atoms with E-state index in [2.05, 4.69) is 20.5 Å². The highest BCUT2D eigenvalue weighted by Gasteiger charge is 2.34. The van der Waals surface area contributed by atoms with E-state index in [1.807, 2.05) is 31.7 Å². The minimum Gasteiger partial charge on any atom is -0.481 e. The summed E-state index contributed by atoms with van der Waals surface area (Å²) in [5.41, 5.74) is 1.96. The number of rotatable bonds is 9. The Morgan fingerprint density at radius 2 is 1.85 bits per heavy atom. The van der Waals surface area contributed by atoms with Gasteiger partial charge in [-0.3, -0.25) is 24.2 Å². The second-order valence-electron chi connectivity index (χ2n) is 11.9. The van der Waals surface area contributed by atoms with Crippen molar-refractivity contribution >= 4 is 35.1 Å². The third kappa shape index (κ3) is 8.03. The molecule has 2 fully saturated rings. The molecule has 1 aliphatic carbocycles. The molecule has 1 saturated carbocycles. The van der Waals surface area contributed by atoms with E-state index in [-0.39, 0.29) is 29.6 Å². The van der Waals surface area contributed by atoms with Crippen molar-refractivity contribution < 1.29 is 24.3 Å². The molecule has 10 heteroatoms. The number of aromatic nitrogens is 1. The highest BCUT2D eigenvalue weighted by atomic mass is 16.4. The number of anilines is 2. The molecular weight excluding hydrogens is 510 g/mol. The average molecular weight is 550 g/mol. The summed E-state index contributed by atoms with van der Waals surface area (Å²) in [5, 5.41) is 15.2. The fourth-order valence-electron chi connectivity index (χ4n) is 4.95. The SMILES string of the molecule is CC(C)(C)CC(=O)Nc1cc(C(=O)NC(CC(=O)O)c2cccnc2)ccc1N1CCCN(C(=O)C2CC2)CC1. The van der Waals surface area contributed by atoms with Crippen LogP contribution < -0.4 is 15.5 Å². The molecule has 1 aromatic carbocycles. The first kappa shape index (κ1) is 29.0. The van der Waals surface area contributed by atoms with Crippen LogP contribution in [0.4, 0.5) is 11.4 Å². The van der Waals surface area contributed by atoms with Gasteiger partial charge in [0, 0.05) is 56.5 Å². The minimum atomic E-state index is -1.05. The molecule has 1 aromatic heterocycles. The van der Waals surface area contributed by atoms with Gasteiger partial charge in [0.05, 0.1) is 23.8 Å². The zero-order chi connectivity index (χ0) is 28.9. The molecule has 0 radical (unpaired) electrons. The van der Waals surface area contributed by atoms with Crippen LogP contribution in [0, 0.1) is 11.3 Å². The van der Waals surface area contributed by atoms with Crippen LogP contribution in [0.15, 0.2) is 42.7 Å². The Morgan fingerprint density at radius 1 is 1.07 bits per heavy atom. The lowest BCUT2D eigenvalue weighted by atomic mass is 9.92. The van der Waals surface area contributed by atoms with Crippen LogP contribution in [-0.4, -0.2) is 64.9 Å². The third-order valence-electron chi connectivity index (χ3n) is 7.07. The van der Waals surface area contributed by atoms with Crippen molar-refractivity contribution in [3.05, 3.63) is 53.9 Å². The van der Waals surface area contributed by atoms with Crippen molar-refractivity contribution in [2.24, 2.45) is 11.3 Å². The molecule has 1 unspecified atom stereocenters. The Labute approximate surface area is 235 Å². The number of carbonyl (C=O) groups excluding carboxylic acids is 3. The largest absolute Gasteiger partial charge is 0.481 e. The average Bonchev–Trinajstić information content (AvgIpc) is 3.74. The van der Waals surface area contributed by atoms with E-state index in [1.165, 1.54) is 6.20 Å². The van der Waals surface area contributed by atoms with Crippen LogP contribution in [0.2, 0.25) is 0 Å². The van der Waals surface area contributed by atoms with Gasteiger partial charge in [-0.2, -0.15) is 0 Å². The van der Waals surface area contributed by atoms with Crippen molar-refractivity contribution in [2.45, 2.75) is 58.9 Å². The lowest BCUT2D eigenvalue weighted by molar-refractivity contribution is -0.137. The van der Waals surface area contributed by atoms with E-state index in [0.717, 1.165) is 24.9 Å². The summed E-state index contributed by atoms with van der Waals surface area (Å²) < 4.78 is 0. The summed E-state index contributed by atoms with van der Waals surface area (Å²) in [4.78, 5) is 58.6. The summed E-state index contributed by atoms with van der Waals surface area (Å²) in [6.45, 7) is 8.60. The van der Waals surface area contributed by atoms with Crippen LogP contribution in [0.25, 0.3) is 0 Å². The lowest BCUT2D eigenvalue weighted by Crippen LogP contribution is -2.36. The number of carboxylic acid groups (broad SMARTS) is 1. The summed E-state index contributed by atoms with van der Waals surface area (Å²) in [6, 6.07) is 7.79. The third-order valence-corrected chi connectivity index (χ3v) is 7.07. The van der Waals surface area contributed by atoms with E-state index >= 15 is 0 Å². The number of nitrogens with one attached hydrogen (secondary N) is 2. The summed E-state index contributed by atoms with van der Waals surface area (Å²) >= 11 is 0. The van der Waals surface area contributed by atoms with Crippen LogP contribution >= 0.6 is 0 Å². The predicted octanol–water partition coefficient (Wildman–Crippen LogP) is 3.85. The van der Waals surface area contributed by atoms with Crippen molar-refractivity contribution in [3.8, 4) is 0 Å². The van der Waals surface area contributed by atoms with E-state index < -0.39 is 17.9 Å². The van der Waals surface area contributed by atoms with Crippen LogP contribution in [-0.2, 0) is 14.4 Å². The van der Waals surface area contributed by atoms with Gasteiger partial charge in [0.25, 0.3) is 5.91 Å². The molecule has 1 atom stereocenters. The smallest absolute Gasteiger partial charge is 0.305 e. The first-order chi connectivity index (χ1) is 19.0. The molecule has 3 amide bonds. The molecule has 4 rings (SSSR count). The van der Waals surface area contributed by atoms with Gasteiger partial charge in [-0.15, -0.1) is 0 Å². The fourth-order valence-corrected chi connectivity index (χ4v) is 4.95.